The van der Waals surface area contributed by atoms with E-state index in [1.807, 2.05) is 0 Å². The van der Waals surface area contributed by atoms with E-state index in [4.69, 9.17) is 10.7 Å². The zero-order valence-corrected chi connectivity index (χ0v) is 9.24. The molecule has 0 bridgehead atoms. The minimum atomic E-state index is -3.35. The van der Waals surface area contributed by atoms with Crippen molar-refractivity contribution in [1.29, 1.82) is 0 Å². The van der Waals surface area contributed by atoms with Crippen LogP contribution in [0.15, 0.2) is 11.6 Å². The molecule has 1 fully saturated rings. The fraction of sp³-hybridized carbons (Fsp3) is 0.750. The highest BCUT2D eigenvalue weighted by Crippen LogP contribution is 2.15. The monoisotopic (exact) mass is 223 g/mol. The van der Waals surface area contributed by atoms with E-state index in [0.717, 1.165) is 25.9 Å². The van der Waals surface area contributed by atoms with Crippen molar-refractivity contribution in [3.63, 3.8) is 0 Å². The van der Waals surface area contributed by atoms with Crippen molar-refractivity contribution in [3.8, 4) is 0 Å². The lowest BCUT2D eigenvalue weighted by Crippen LogP contribution is -2.26. The van der Waals surface area contributed by atoms with Crippen molar-refractivity contribution >= 4 is 19.7 Å². The molecule has 13 heavy (non-hydrogen) atoms. The number of piperidine rings is 1. The normalized spacial score (nSPS) is 20.3. The molecule has 76 valence electrons. The third-order valence-electron chi connectivity index (χ3n) is 2.20. The average molecular weight is 224 g/mol. The van der Waals surface area contributed by atoms with Crippen LogP contribution in [-0.2, 0) is 9.05 Å². The zero-order chi connectivity index (χ0) is 9.90. The van der Waals surface area contributed by atoms with Crippen molar-refractivity contribution in [2.75, 3.05) is 25.9 Å². The molecule has 0 amide bonds. The quantitative estimate of drug-likeness (QED) is 0.522. The molecule has 0 aromatic carbocycles. The Labute approximate surface area is 83.8 Å². The molecule has 1 saturated heterocycles. The van der Waals surface area contributed by atoms with Gasteiger partial charge in [-0.15, -0.1) is 0 Å². The molecule has 0 saturated carbocycles. The summed E-state index contributed by atoms with van der Waals surface area (Å²) < 4.78 is 21.3. The molecule has 0 aromatic heterocycles. The topological polar surface area (TPSA) is 37.4 Å². The summed E-state index contributed by atoms with van der Waals surface area (Å²) in [5.74, 6) is -0.0341. The molecular formula is C8H14ClNO2S. The van der Waals surface area contributed by atoms with Crippen LogP contribution in [0.2, 0.25) is 0 Å². The van der Waals surface area contributed by atoms with Crippen LogP contribution in [0.1, 0.15) is 12.8 Å². The summed E-state index contributed by atoms with van der Waals surface area (Å²) in [7, 11) is 3.81. The summed E-state index contributed by atoms with van der Waals surface area (Å²) in [5.41, 5.74) is 1.21. The largest absolute Gasteiger partial charge is 0.306 e. The number of halogens is 1. The maximum Gasteiger partial charge on any atom is 0.236 e. The second kappa shape index (κ2) is 4.44. The number of likely N-dealkylation sites (tertiary alicyclic amines) is 1. The van der Waals surface area contributed by atoms with E-state index < -0.39 is 9.05 Å². The Morgan fingerprint density at radius 3 is 2.46 bits per heavy atom. The van der Waals surface area contributed by atoms with Gasteiger partial charge in [0.15, 0.2) is 0 Å². The predicted octanol–water partition coefficient (Wildman–Crippen LogP) is 1.21. The lowest BCUT2D eigenvalue weighted by molar-refractivity contribution is 0.312. The fourth-order valence-corrected chi connectivity index (χ4v) is 1.95. The van der Waals surface area contributed by atoms with Gasteiger partial charge >= 0.3 is 0 Å². The van der Waals surface area contributed by atoms with Crippen molar-refractivity contribution in [2.24, 2.45) is 0 Å². The van der Waals surface area contributed by atoms with Crippen LogP contribution in [0.25, 0.3) is 0 Å². The van der Waals surface area contributed by atoms with Gasteiger partial charge in [-0.2, -0.15) is 0 Å². The summed E-state index contributed by atoms with van der Waals surface area (Å²) in [6, 6.07) is 0. The molecule has 0 spiro atoms. The maximum absolute atomic E-state index is 10.6. The minimum absolute atomic E-state index is 0.0341. The molecule has 1 rings (SSSR count). The Hall–Kier alpha value is -0.0600. The third-order valence-corrected chi connectivity index (χ3v) is 3.14. The number of nitrogens with zero attached hydrogens (tertiary/aromatic N) is 1. The lowest BCUT2D eigenvalue weighted by Gasteiger charge is -2.23. The molecule has 0 aliphatic carbocycles. The van der Waals surface area contributed by atoms with E-state index in [1.165, 1.54) is 5.57 Å². The molecule has 0 unspecified atom stereocenters. The van der Waals surface area contributed by atoms with Gasteiger partial charge in [-0.05, 0) is 19.9 Å². The first-order valence-corrected chi connectivity index (χ1v) is 6.74. The maximum atomic E-state index is 10.6. The summed E-state index contributed by atoms with van der Waals surface area (Å²) in [5, 5.41) is 0. The highest BCUT2D eigenvalue weighted by atomic mass is 35.7. The Bertz CT molecular complexity index is 287. The Morgan fingerprint density at radius 2 is 2.00 bits per heavy atom. The second-order valence-electron chi connectivity index (χ2n) is 3.37. The summed E-state index contributed by atoms with van der Waals surface area (Å²) in [6.45, 7) is 2.02. The smallest absolute Gasteiger partial charge is 0.236 e. The van der Waals surface area contributed by atoms with Crippen LogP contribution in [0.3, 0.4) is 0 Å². The zero-order valence-electron chi connectivity index (χ0n) is 7.66. The summed E-state index contributed by atoms with van der Waals surface area (Å²) >= 11 is 0. The van der Waals surface area contributed by atoms with Gasteiger partial charge in [0, 0.05) is 23.8 Å². The molecule has 3 nitrogen and oxygen atoms in total. The lowest BCUT2D eigenvalue weighted by atomic mass is 10.1. The van der Waals surface area contributed by atoms with E-state index in [0.29, 0.717) is 0 Å². The van der Waals surface area contributed by atoms with Gasteiger partial charge < -0.3 is 4.90 Å². The molecule has 0 atom stereocenters. The van der Waals surface area contributed by atoms with E-state index in [-0.39, 0.29) is 5.75 Å². The fourth-order valence-electron chi connectivity index (χ4n) is 1.33. The van der Waals surface area contributed by atoms with Crippen molar-refractivity contribution in [3.05, 3.63) is 11.6 Å². The number of rotatable bonds is 2. The van der Waals surface area contributed by atoms with Gasteiger partial charge in [0.2, 0.25) is 9.05 Å². The Kier molecular flexibility index (Phi) is 3.76. The third kappa shape index (κ3) is 4.64. The molecule has 0 radical (unpaired) electrons. The molecule has 0 N–H and O–H groups in total. The standard InChI is InChI=1S/C8H14ClNO2S/c1-10-5-2-8(3-6-10)4-7-13(9,11)12/h4H,2-3,5-7H2,1H3. The van der Waals surface area contributed by atoms with E-state index in [1.54, 1.807) is 6.08 Å². The Balaban J connectivity index is 2.45. The van der Waals surface area contributed by atoms with Crippen molar-refractivity contribution in [1.82, 2.24) is 4.90 Å². The van der Waals surface area contributed by atoms with Crippen molar-refractivity contribution < 1.29 is 8.42 Å². The van der Waals surface area contributed by atoms with Gasteiger partial charge in [0.1, 0.15) is 0 Å². The first kappa shape index (κ1) is 11.0. The van der Waals surface area contributed by atoms with Crippen LogP contribution in [-0.4, -0.2) is 39.2 Å². The first-order chi connectivity index (χ1) is 5.97. The first-order valence-electron chi connectivity index (χ1n) is 4.26. The summed E-state index contributed by atoms with van der Waals surface area (Å²) in [4.78, 5) is 2.23. The molecular weight excluding hydrogens is 210 g/mol. The predicted molar refractivity (Wildman–Crippen MR) is 54.5 cm³/mol. The molecule has 1 aliphatic heterocycles. The number of hydrogen-bond acceptors (Lipinski definition) is 3. The highest BCUT2D eigenvalue weighted by molar-refractivity contribution is 8.13. The Morgan fingerprint density at radius 1 is 1.46 bits per heavy atom. The minimum Gasteiger partial charge on any atom is -0.306 e. The molecule has 0 aromatic rings. The van der Waals surface area contributed by atoms with E-state index in [2.05, 4.69) is 11.9 Å². The second-order valence-corrected chi connectivity index (χ2v) is 6.19. The SMILES string of the molecule is CN1CCC(=CCS(=O)(=O)Cl)CC1. The van der Waals surface area contributed by atoms with Gasteiger partial charge in [0.05, 0.1) is 5.75 Å². The molecule has 1 aliphatic rings. The molecule has 1 heterocycles. The highest BCUT2D eigenvalue weighted by Gasteiger charge is 2.10. The van der Waals surface area contributed by atoms with E-state index >= 15 is 0 Å². The van der Waals surface area contributed by atoms with E-state index in [9.17, 15) is 8.42 Å². The van der Waals surface area contributed by atoms with Gasteiger partial charge in [-0.3, -0.25) is 0 Å². The van der Waals surface area contributed by atoms with Gasteiger partial charge in [0.25, 0.3) is 0 Å². The van der Waals surface area contributed by atoms with Crippen LogP contribution >= 0.6 is 10.7 Å². The van der Waals surface area contributed by atoms with Crippen LogP contribution < -0.4 is 0 Å². The van der Waals surface area contributed by atoms with Crippen LogP contribution in [0, 0.1) is 0 Å². The van der Waals surface area contributed by atoms with Crippen LogP contribution in [0.4, 0.5) is 0 Å². The summed E-state index contributed by atoms with van der Waals surface area (Å²) in [6.07, 6.45) is 3.67. The average Bonchev–Trinajstić information content (AvgIpc) is 2.02. The van der Waals surface area contributed by atoms with Crippen molar-refractivity contribution in [2.45, 2.75) is 12.8 Å². The van der Waals surface area contributed by atoms with Gasteiger partial charge in [-0.25, -0.2) is 8.42 Å². The van der Waals surface area contributed by atoms with Gasteiger partial charge in [-0.1, -0.05) is 11.6 Å². The molecule has 5 heteroatoms. The van der Waals surface area contributed by atoms with Crippen LogP contribution in [0.5, 0.6) is 0 Å². The number of hydrogen-bond donors (Lipinski definition) is 0.